The molecule has 1 saturated heterocycles. The van der Waals surface area contributed by atoms with E-state index in [4.69, 9.17) is 4.74 Å². The smallest absolute Gasteiger partial charge is 0.259 e. The van der Waals surface area contributed by atoms with Crippen LogP contribution in [0.1, 0.15) is 35.2 Å². The maximum Gasteiger partial charge on any atom is 0.259 e. The van der Waals surface area contributed by atoms with Gasteiger partial charge in [-0.05, 0) is 49.9 Å². The number of benzene rings is 2. The van der Waals surface area contributed by atoms with Crippen LogP contribution in [0.4, 0.5) is 11.4 Å². The van der Waals surface area contributed by atoms with Crippen LogP contribution in [0.15, 0.2) is 42.5 Å². The van der Waals surface area contributed by atoms with Crippen molar-refractivity contribution in [2.75, 3.05) is 30.4 Å². The zero-order valence-electron chi connectivity index (χ0n) is 14.3. The van der Waals surface area contributed by atoms with Crippen molar-refractivity contribution in [3.05, 3.63) is 53.6 Å². The Morgan fingerprint density at radius 1 is 1.04 bits per heavy atom. The summed E-state index contributed by atoms with van der Waals surface area (Å²) in [5.41, 5.74) is 3.46. The molecule has 1 N–H and O–H groups in total. The first-order chi connectivity index (χ1) is 11.7. The number of anilines is 2. The molecular formula is C20H24N2O2. The average Bonchev–Trinajstić information content (AvgIpc) is 2.62. The van der Waals surface area contributed by atoms with E-state index in [9.17, 15) is 4.79 Å². The zero-order chi connectivity index (χ0) is 16.9. The van der Waals surface area contributed by atoms with Gasteiger partial charge in [-0.15, -0.1) is 0 Å². The number of aryl methyl sites for hydroxylation is 1. The Morgan fingerprint density at radius 3 is 2.54 bits per heavy atom. The van der Waals surface area contributed by atoms with Crippen molar-refractivity contribution in [2.24, 2.45) is 0 Å². The lowest BCUT2D eigenvalue weighted by Gasteiger charge is -2.30. The zero-order valence-corrected chi connectivity index (χ0v) is 14.3. The molecule has 2 aromatic carbocycles. The van der Waals surface area contributed by atoms with Crippen LogP contribution in [-0.4, -0.2) is 26.1 Å². The summed E-state index contributed by atoms with van der Waals surface area (Å²) in [6.07, 6.45) is 3.69. The van der Waals surface area contributed by atoms with E-state index in [2.05, 4.69) is 16.3 Å². The van der Waals surface area contributed by atoms with E-state index in [-0.39, 0.29) is 5.91 Å². The maximum atomic E-state index is 12.8. The van der Waals surface area contributed by atoms with Crippen molar-refractivity contribution < 1.29 is 9.53 Å². The van der Waals surface area contributed by atoms with Crippen LogP contribution in [0.2, 0.25) is 0 Å². The van der Waals surface area contributed by atoms with Crippen molar-refractivity contribution in [3.8, 4) is 5.75 Å². The van der Waals surface area contributed by atoms with E-state index in [0.29, 0.717) is 11.3 Å². The second-order valence-corrected chi connectivity index (χ2v) is 6.17. The molecule has 1 aliphatic rings. The summed E-state index contributed by atoms with van der Waals surface area (Å²) in [7, 11) is 1.60. The first-order valence-corrected chi connectivity index (χ1v) is 8.49. The summed E-state index contributed by atoms with van der Waals surface area (Å²) in [5.74, 6) is 0.491. The Labute approximate surface area is 143 Å². The molecule has 126 valence electrons. The van der Waals surface area contributed by atoms with Gasteiger partial charge in [-0.3, -0.25) is 4.79 Å². The Kier molecular flexibility index (Phi) is 5.04. The van der Waals surface area contributed by atoms with Crippen LogP contribution in [0, 0.1) is 6.92 Å². The van der Waals surface area contributed by atoms with E-state index < -0.39 is 0 Å². The Morgan fingerprint density at radius 2 is 1.79 bits per heavy atom. The van der Waals surface area contributed by atoms with Crippen molar-refractivity contribution >= 4 is 17.3 Å². The Bertz CT molecular complexity index is 721. The van der Waals surface area contributed by atoms with Gasteiger partial charge in [-0.2, -0.15) is 0 Å². The molecule has 1 aliphatic heterocycles. The molecular weight excluding hydrogens is 300 g/mol. The van der Waals surface area contributed by atoms with Crippen LogP contribution in [-0.2, 0) is 0 Å². The van der Waals surface area contributed by atoms with Gasteiger partial charge in [-0.1, -0.05) is 24.3 Å². The number of methoxy groups -OCH3 is 1. The van der Waals surface area contributed by atoms with Crippen LogP contribution in [0.25, 0.3) is 0 Å². The fourth-order valence-electron chi connectivity index (χ4n) is 3.28. The van der Waals surface area contributed by atoms with E-state index in [1.54, 1.807) is 13.2 Å². The maximum absolute atomic E-state index is 12.8. The average molecular weight is 324 g/mol. The molecule has 0 spiro atoms. The van der Waals surface area contributed by atoms with E-state index in [1.165, 1.54) is 19.3 Å². The third-order valence-corrected chi connectivity index (χ3v) is 4.51. The van der Waals surface area contributed by atoms with Gasteiger partial charge in [0.2, 0.25) is 0 Å². The predicted molar refractivity (Wildman–Crippen MR) is 98.2 cm³/mol. The summed E-state index contributed by atoms with van der Waals surface area (Å²) in [5, 5.41) is 3.07. The molecule has 0 aliphatic carbocycles. The molecule has 1 amide bonds. The molecule has 24 heavy (non-hydrogen) atoms. The minimum absolute atomic E-state index is 0.139. The predicted octanol–water partition coefficient (Wildman–Crippen LogP) is 4.25. The lowest BCUT2D eigenvalue weighted by atomic mass is 10.1. The molecule has 3 rings (SSSR count). The van der Waals surface area contributed by atoms with Crippen molar-refractivity contribution in [1.82, 2.24) is 0 Å². The number of carbonyl (C=O) groups excluding carboxylic acids is 1. The highest BCUT2D eigenvalue weighted by Crippen LogP contribution is 2.30. The number of carbonyl (C=O) groups is 1. The van der Waals surface area contributed by atoms with E-state index >= 15 is 0 Å². The molecule has 0 atom stereocenters. The summed E-state index contributed by atoms with van der Waals surface area (Å²) >= 11 is 0. The van der Waals surface area contributed by atoms with Crippen molar-refractivity contribution in [1.29, 1.82) is 0 Å². The number of nitrogens with one attached hydrogen (secondary N) is 1. The number of nitrogens with zero attached hydrogens (tertiary/aromatic N) is 1. The van der Waals surface area contributed by atoms with Crippen LogP contribution in [0.3, 0.4) is 0 Å². The summed E-state index contributed by atoms with van der Waals surface area (Å²) in [6, 6.07) is 13.6. The van der Waals surface area contributed by atoms with Gasteiger partial charge in [0.05, 0.1) is 24.0 Å². The monoisotopic (exact) mass is 324 g/mol. The second kappa shape index (κ2) is 7.39. The highest BCUT2D eigenvalue weighted by atomic mass is 16.5. The van der Waals surface area contributed by atoms with Gasteiger partial charge >= 0.3 is 0 Å². The van der Waals surface area contributed by atoms with E-state index in [1.807, 2.05) is 37.3 Å². The lowest BCUT2D eigenvalue weighted by Crippen LogP contribution is -2.30. The highest BCUT2D eigenvalue weighted by Gasteiger charge is 2.18. The summed E-state index contributed by atoms with van der Waals surface area (Å²) in [6.45, 7) is 4.03. The molecule has 0 saturated carbocycles. The summed E-state index contributed by atoms with van der Waals surface area (Å²) in [4.78, 5) is 15.1. The number of hydrogen-bond acceptors (Lipinski definition) is 3. The van der Waals surface area contributed by atoms with Crippen molar-refractivity contribution in [2.45, 2.75) is 26.2 Å². The quantitative estimate of drug-likeness (QED) is 0.914. The fraction of sp³-hybridized carbons (Fsp3) is 0.350. The van der Waals surface area contributed by atoms with Gasteiger partial charge in [0.1, 0.15) is 5.75 Å². The first kappa shape index (κ1) is 16.4. The van der Waals surface area contributed by atoms with Gasteiger partial charge < -0.3 is 15.0 Å². The standard InChI is InChI=1S/C20H24N2O2/c1-15-9-8-10-16(19(15)24-2)20(23)21-17-11-4-5-12-18(17)22-13-6-3-7-14-22/h4-5,8-12H,3,6-7,13-14H2,1-2H3,(H,21,23). The molecule has 1 fully saturated rings. The SMILES string of the molecule is COc1c(C)cccc1C(=O)Nc1ccccc1N1CCCCC1. The fourth-order valence-corrected chi connectivity index (χ4v) is 3.28. The Balaban J connectivity index is 1.86. The minimum atomic E-state index is -0.139. The largest absolute Gasteiger partial charge is 0.496 e. The number of para-hydroxylation sites is 3. The van der Waals surface area contributed by atoms with Crippen molar-refractivity contribution in [3.63, 3.8) is 0 Å². The molecule has 1 heterocycles. The van der Waals surface area contributed by atoms with Crippen LogP contribution < -0.4 is 15.0 Å². The van der Waals surface area contributed by atoms with Gasteiger partial charge in [0, 0.05) is 13.1 Å². The first-order valence-electron chi connectivity index (χ1n) is 8.49. The highest BCUT2D eigenvalue weighted by molar-refractivity contribution is 6.08. The topological polar surface area (TPSA) is 41.6 Å². The minimum Gasteiger partial charge on any atom is -0.496 e. The van der Waals surface area contributed by atoms with Gasteiger partial charge in [0.15, 0.2) is 0 Å². The third-order valence-electron chi connectivity index (χ3n) is 4.51. The molecule has 4 heteroatoms. The number of piperidine rings is 1. The number of amides is 1. The Hall–Kier alpha value is -2.49. The number of hydrogen-bond donors (Lipinski definition) is 1. The second-order valence-electron chi connectivity index (χ2n) is 6.17. The summed E-state index contributed by atoms with van der Waals surface area (Å²) < 4.78 is 5.41. The van der Waals surface area contributed by atoms with Crippen LogP contribution >= 0.6 is 0 Å². The molecule has 4 nitrogen and oxygen atoms in total. The lowest BCUT2D eigenvalue weighted by molar-refractivity contribution is 0.102. The number of rotatable bonds is 4. The normalized spacial score (nSPS) is 14.3. The third kappa shape index (κ3) is 3.37. The van der Waals surface area contributed by atoms with Crippen LogP contribution in [0.5, 0.6) is 5.75 Å². The molecule has 0 radical (unpaired) electrons. The molecule has 2 aromatic rings. The van der Waals surface area contributed by atoms with Gasteiger partial charge in [0.25, 0.3) is 5.91 Å². The van der Waals surface area contributed by atoms with E-state index in [0.717, 1.165) is 30.0 Å². The van der Waals surface area contributed by atoms with Gasteiger partial charge in [-0.25, -0.2) is 0 Å². The molecule has 0 bridgehead atoms. The molecule has 0 unspecified atom stereocenters. The number of ether oxygens (including phenoxy) is 1. The molecule has 0 aromatic heterocycles.